The van der Waals surface area contributed by atoms with E-state index in [1.54, 1.807) is 6.20 Å². The summed E-state index contributed by atoms with van der Waals surface area (Å²) in [6.45, 7) is 9.90. The molecular formula is C14H23N5O. The van der Waals surface area contributed by atoms with Crippen LogP contribution in [0.25, 0.3) is 0 Å². The zero-order chi connectivity index (χ0) is 15.0. The van der Waals surface area contributed by atoms with Gasteiger partial charge in [-0.1, -0.05) is 31.5 Å². The van der Waals surface area contributed by atoms with Crippen LogP contribution < -0.4 is 10.6 Å². The number of allylic oxidation sites excluding steroid dienone is 1. The lowest BCUT2D eigenvalue weighted by Crippen LogP contribution is -2.24. The first-order valence-electron chi connectivity index (χ1n) is 6.88. The first kappa shape index (κ1) is 16.1. The molecule has 1 atom stereocenters. The van der Waals surface area contributed by atoms with Crippen LogP contribution in [0.4, 0.5) is 11.8 Å². The van der Waals surface area contributed by atoms with Crippen molar-refractivity contribution in [3.05, 3.63) is 28.9 Å². The summed E-state index contributed by atoms with van der Waals surface area (Å²) in [5, 5.41) is 9.26. The van der Waals surface area contributed by atoms with Gasteiger partial charge in [0, 0.05) is 17.5 Å². The van der Waals surface area contributed by atoms with Crippen molar-refractivity contribution in [1.82, 2.24) is 9.97 Å². The number of rotatable bonds is 9. The molecule has 0 saturated heterocycles. The molecule has 6 heteroatoms. The predicted octanol–water partition coefficient (Wildman–Crippen LogP) is 3.47. The Labute approximate surface area is 120 Å². The Morgan fingerprint density at radius 2 is 2.30 bits per heavy atom. The van der Waals surface area contributed by atoms with Crippen molar-refractivity contribution in [2.24, 2.45) is 5.18 Å². The number of nitrogens with one attached hydrogen (secondary N) is 2. The zero-order valence-electron chi connectivity index (χ0n) is 12.4. The molecule has 1 rings (SSSR count). The normalized spacial score (nSPS) is 11.8. The van der Waals surface area contributed by atoms with E-state index in [-0.39, 0.29) is 12.6 Å². The first-order valence-corrected chi connectivity index (χ1v) is 6.88. The molecule has 0 aromatic carbocycles. The maximum absolute atomic E-state index is 10.5. The molecule has 20 heavy (non-hydrogen) atoms. The van der Waals surface area contributed by atoms with Gasteiger partial charge in [0.05, 0.1) is 6.04 Å². The molecule has 2 N–H and O–H groups in total. The van der Waals surface area contributed by atoms with E-state index in [0.29, 0.717) is 5.95 Å². The molecule has 0 saturated carbocycles. The molecule has 6 nitrogen and oxygen atoms in total. The summed E-state index contributed by atoms with van der Waals surface area (Å²) < 4.78 is 0. The zero-order valence-corrected chi connectivity index (χ0v) is 12.4. The minimum absolute atomic E-state index is 0.0127. The van der Waals surface area contributed by atoms with Crippen molar-refractivity contribution >= 4 is 11.8 Å². The highest BCUT2D eigenvalue weighted by molar-refractivity contribution is 5.48. The van der Waals surface area contributed by atoms with E-state index >= 15 is 0 Å². The summed E-state index contributed by atoms with van der Waals surface area (Å²) in [5.41, 5.74) is 1.71. The minimum atomic E-state index is 0.0127. The number of nitroso groups, excluding NO2 is 1. The number of unbranched alkanes of at least 4 members (excludes halogenated alkanes) is 1. The monoisotopic (exact) mass is 277 g/mol. The maximum atomic E-state index is 10.5. The second-order valence-corrected chi connectivity index (χ2v) is 4.93. The van der Waals surface area contributed by atoms with Gasteiger partial charge >= 0.3 is 0 Å². The van der Waals surface area contributed by atoms with E-state index in [0.717, 1.165) is 36.3 Å². The summed E-state index contributed by atoms with van der Waals surface area (Å²) in [5.74, 6) is 1.23. The van der Waals surface area contributed by atoms with Gasteiger partial charge in [0.15, 0.2) is 0 Å². The molecule has 110 valence electrons. The lowest BCUT2D eigenvalue weighted by molar-refractivity contribution is 0.611. The molecule has 0 aliphatic rings. The van der Waals surface area contributed by atoms with Crippen molar-refractivity contribution < 1.29 is 0 Å². The topological polar surface area (TPSA) is 79.3 Å². The van der Waals surface area contributed by atoms with E-state index in [1.807, 2.05) is 13.8 Å². The summed E-state index contributed by atoms with van der Waals surface area (Å²) in [4.78, 5) is 19.1. The summed E-state index contributed by atoms with van der Waals surface area (Å²) in [7, 11) is 0. The highest BCUT2D eigenvalue weighted by atomic mass is 16.3. The van der Waals surface area contributed by atoms with E-state index in [9.17, 15) is 4.91 Å². The van der Waals surface area contributed by atoms with E-state index in [1.165, 1.54) is 0 Å². The van der Waals surface area contributed by atoms with Crippen LogP contribution in [-0.2, 0) is 0 Å². The maximum Gasteiger partial charge on any atom is 0.228 e. The van der Waals surface area contributed by atoms with Crippen LogP contribution in [0.3, 0.4) is 0 Å². The second kappa shape index (κ2) is 8.24. The second-order valence-electron chi connectivity index (χ2n) is 4.93. The van der Waals surface area contributed by atoms with Crippen molar-refractivity contribution in [1.29, 1.82) is 0 Å². The number of aryl methyl sites for hydroxylation is 1. The summed E-state index contributed by atoms with van der Waals surface area (Å²) >= 11 is 0. The third-order valence-corrected chi connectivity index (χ3v) is 2.84. The molecule has 1 aromatic rings. The molecule has 0 fully saturated rings. The Kier molecular flexibility index (Phi) is 6.63. The average molecular weight is 277 g/mol. The van der Waals surface area contributed by atoms with Crippen molar-refractivity contribution in [2.45, 2.75) is 46.1 Å². The molecule has 0 aliphatic heterocycles. The molecule has 1 aromatic heterocycles. The fourth-order valence-corrected chi connectivity index (χ4v) is 1.78. The van der Waals surface area contributed by atoms with Gasteiger partial charge in [-0.15, -0.1) is 0 Å². The molecule has 0 aliphatic carbocycles. The van der Waals surface area contributed by atoms with Crippen molar-refractivity contribution in [3.63, 3.8) is 0 Å². The Morgan fingerprint density at radius 1 is 1.55 bits per heavy atom. The lowest BCUT2D eigenvalue weighted by atomic mass is 10.1. The Hall–Kier alpha value is -1.98. The van der Waals surface area contributed by atoms with Crippen LogP contribution in [0, 0.1) is 11.8 Å². The Morgan fingerprint density at radius 3 is 2.90 bits per heavy atom. The van der Waals surface area contributed by atoms with E-state index in [4.69, 9.17) is 0 Å². The van der Waals surface area contributed by atoms with Gasteiger partial charge in [-0.2, -0.15) is 9.89 Å². The fraction of sp³-hybridized carbons (Fsp3) is 0.571. The third kappa shape index (κ3) is 5.34. The van der Waals surface area contributed by atoms with E-state index < -0.39 is 0 Å². The Bertz CT molecular complexity index is 461. The van der Waals surface area contributed by atoms with Crippen LogP contribution >= 0.6 is 0 Å². The number of aromatic nitrogens is 2. The van der Waals surface area contributed by atoms with Gasteiger partial charge in [-0.05, 0) is 20.3 Å². The molecule has 0 unspecified atom stereocenters. The smallest absolute Gasteiger partial charge is 0.228 e. The van der Waals surface area contributed by atoms with Crippen LogP contribution in [0.2, 0.25) is 0 Å². The largest absolute Gasteiger partial charge is 0.365 e. The van der Waals surface area contributed by atoms with Gasteiger partial charge in [-0.25, -0.2) is 4.98 Å². The number of hydrogen-bond donors (Lipinski definition) is 2. The molecule has 0 radical (unpaired) electrons. The van der Waals surface area contributed by atoms with Gasteiger partial charge < -0.3 is 10.6 Å². The van der Waals surface area contributed by atoms with Crippen LogP contribution in [-0.4, -0.2) is 22.6 Å². The number of anilines is 2. The molecular weight excluding hydrogens is 254 g/mol. The van der Waals surface area contributed by atoms with Crippen LogP contribution in [0.1, 0.15) is 38.7 Å². The molecule has 1 heterocycles. The molecule has 0 amide bonds. The molecule has 0 spiro atoms. The van der Waals surface area contributed by atoms with Gasteiger partial charge in [-0.3, -0.25) is 0 Å². The quantitative estimate of drug-likeness (QED) is 0.676. The van der Waals surface area contributed by atoms with Crippen LogP contribution in [0.15, 0.2) is 23.6 Å². The van der Waals surface area contributed by atoms with Crippen molar-refractivity contribution in [2.75, 3.05) is 17.2 Å². The summed E-state index contributed by atoms with van der Waals surface area (Å²) in [6, 6.07) is 0.0127. The van der Waals surface area contributed by atoms with Gasteiger partial charge in [0.25, 0.3) is 0 Å². The lowest BCUT2D eigenvalue weighted by Gasteiger charge is -2.18. The number of hydrogen-bond acceptors (Lipinski definition) is 6. The van der Waals surface area contributed by atoms with Crippen LogP contribution in [0.5, 0.6) is 0 Å². The average Bonchev–Trinajstić information content (AvgIpc) is 2.39. The number of nitrogens with zero attached hydrogens (tertiary/aromatic N) is 3. The standard InChI is InChI=1S/C14H23N5O/c1-5-6-7-12(9-16-20)18-13-11(4)8-15-14(19-13)17-10(2)3/h8,12H,2,5-7,9H2,1,3-4H3,(H2,15,17,18,19)/t12-/m0/s1. The first-order chi connectivity index (χ1) is 9.56. The van der Waals surface area contributed by atoms with Gasteiger partial charge in [0.1, 0.15) is 12.4 Å². The predicted molar refractivity (Wildman–Crippen MR) is 82.8 cm³/mol. The third-order valence-electron chi connectivity index (χ3n) is 2.84. The Balaban J connectivity index is 2.81. The highest BCUT2D eigenvalue weighted by Gasteiger charge is 2.12. The minimum Gasteiger partial charge on any atom is -0.365 e. The fourth-order valence-electron chi connectivity index (χ4n) is 1.78. The molecule has 0 bridgehead atoms. The van der Waals surface area contributed by atoms with E-state index in [2.05, 4.69) is 39.3 Å². The van der Waals surface area contributed by atoms with Crippen molar-refractivity contribution in [3.8, 4) is 0 Å². The SMILES string of the molecule is C=C(C)Nc1ncc(C)c(N[C@@H](CCCC)CN=O)n1. The highest BCUT2D eigenvalue weighted by Crippen LogP contribution is 2.16. The van der Waals surface area contributed by atoms with Gasteiger partial charge in [0.2, 0.25) is 5.95 Å². The summed E-state index contributed by atoms with van der Waals surface area (Å²) in [6.07, 6.45) is 4.78.